The Morgan fingerprint density at radius 1 is 0.500 bits per heavy atom. The average molecular weight is 204 g/mol. The highest BCUT2D eigenvalue weighted by Crippen LogP contribution is 1.94. The molecule has 6 heteroatoms. The van der Waals surface area contributed by atoms with Gasteiger partial charge < -0.3 is 20.4 Å². The minimum atomic E-state index is -0.339. The number of hydrazine groups is 1. The molecule has 0 bridgehead atoms. The molecule has 0 spiro atoms. The fourth-order valence-corrected chi connectivity index (χ4v) is 1.21. The zero-order chi connectivity index (χ0) is 10.8. The number of nitrogens with zero attached hydrogens (tertiary/aromatic N) is 2. The first kappa shape index (κ1) is 13.8. The standard InChI is InChI=1S/C8H16N2O4/c11-5-1-9(2-6-12)10(3-7-13)4-8-14/h1-8H2/q-4. The Morgan fingerprint density at radius 3 is 0.857 bits per heavy atom. The van der Waals surface area contributed by atoms with E-state index in [1.54, 1.807) is 0 Å². The van der Waals surface area contributed by atoms with Crippen LogP contribution in [0.25, 0.3) is 0 Å². The lowest BCUT2D eigenvalue weighted by molar-refractivity contribution is -0.400. The molecule has 0 saturated carbocycles. The lowest BCUT2D eigenvalue weighted by Gasteiger charge is -2.38. The molecular weight excluding hydrogens is 188 g/mol. The van der Waals surface area contributed by atoms with Gasteiger partial charge in [0, 0.05) is 0 Å². The summed E-state index contributed by atoms with van der Waals surface area (Å²) in [5.74, 6) is 0. The molecule has 0 saturated heterocycles. The van der Waals surface area contributed by atoms with E-state index in [0.29, 0.717) is 0 Å². The van der Waals surface area contributed by atoms with Crippen LogP contribution in [0.15, 0.2) is 0 Å². The van der Waals surface area contributed by atoms with Crippen molar-refractivity contribution in [1.82, 2.24) is 10.0 Å². The minimum absolute atomic E-state index is 0.183. The Hall–Kier alpha value is -0.240. The van der Waals surface area contributed by atoms with Gasteiger partial charge in [0.15, 0.2) is 0 Å². The summed E-state index contributed by atoms with van der Waals surface area (Å²) in [4.78, 5) is 0. The van der Waals surface area contributed by atoms with Gasteiger partial charge in [0.2, 0.25) is 0 Å². The highest BCUT2D eigenvalue weighted by molar-refractivity contribution is 4.56. The van der Waals surface area contributed by atoms with Crippen molar-refractivity contribution in [2.75, 3.05) is 52.6 Å². The van der Waals surface area contributed by atoms with Crippen molar-refractivity contribution in [3.05, 3.63) is 0 Å². The van der Waals surface area contributed by atoms with Gasteiger partial charge in [-0.1, -0.05) is 0 Å². The second kappa shape index (κ2) is 9.32. The van der Waals surface area contributed by atoms with E-state index in [4.69, 9.17) is 0 Å². The summed E-state index contributed by atoms with van der Waals surface area (Å²) in [7, 11) is 0. The van der Waals surface area contributed by atoms with Gasteiger partial charge in [-0.05, 0) is 26.2 Å². The van der Waals surface area contributed by atoms with Crippen molar-refractivity contribution in [2.24, 2.45) is 0 Å². The molecule has 0 fully saturated rings. The smallest absolute Gasteiger partial charge is 0.00212 e. The van der Waals surface area contributed by atoms with Gasteiger partial charge in [-0.3, -0.25) is 0 Å². The molecule has 0 aliphatic carbocycles. The van der Waals surface area contributed by atoms with Crippen LogP contribution in [-0.4, -0.2) is 62.6 Å². The van der Waals surface area contributed by atoms with E-state index in [9.17, 15) is 20.4 Å². The molecule has 14 heavy (non-hydrogen) atoms. The third-order valence-corrected chi connectivity index (χ3v) is 1.80. The van der Waals surface area contributed by atoms with Crippen molar-refractivity contribution in [3.63, 3.8) is 0 Å². The van der Waals surface area contributed by atoms with Gasteiger partial charge in [-0.25, -0.2) is 10.0 Å². The normalized spacial score (nSPS) is 11.6. The van der Waals surface area contributed by atoms with Crippen molar-refractivity contribution in [1.29, 1.82) is 0 Å². The van der Waals surface area contributed by atoms with Crippen LogP contribution in [0, 0.1) is 0 Å². The van der Waals surface area contributed by atoms with E-state index in [-0.39, 0.29) is 52.6 Å². The van der Waals surface area contributed by atoms with Gasteiger partial charge in [0.25, 0.3) is 0 Å². The maximum absolute atomic E-state index is 10.4. The molecule has 0 heterocycles. The molecule has 86 valence electrons. The summed E-state index contributed by atoms with van der Waals surface area (Å²) in [5.41, 5.74) is 0. The first-order valence-electron chi connectivity index (χ1n) is 4.62. The monoisotopic (exact) mass is 204 g/mol. The Labute approximate surface area is 84.0 Å². The highest BCUT2D eigenvalue weighted by Gasteiger charge is 2.07. The second-order valence-electron chi connectivity index (χ2n) is 2.72. The van der Waals surface area contributed by atoms with Crippen LogP contribution >= 0.6 is 0 Å². The number of hydrogen-bond donors (Lipinski definition) is 0. The summed E-state index contributed by atoms with van der Waals surface area (Å²) in [6, 6.07) is 0. The Balaban J connectivity index is 4.06. The van der Waals surface area contributed by atoms with Gasteiger partial charge in [0.1, 0.15) is 0 Å². The van der Waals surface area contributed by atoms with E-state index in [1.165, 1.54) is 10.0 Å². The topological polar surface area (TPSA) is 98.7 Å². The molecule has 0 rings (SSSR count). The van der Waals surface area contributed by atoms with Crippen LogP contribution in [0.1, 0.15) is 0 Å². The molecule has 0 aromatic carbocycles. The van der Waals surface area contributed by atoms with E-state index >= 15 is 0 Å². The fourth-order valence-electron chi connectivity index (χ4n) is 1.21. The zero-order valence-corrected chi connectivity index (χ0v) is 8.18. The first-order valence-corrected chi connectivity index (χ1v) is 4.62. The predicted octanol–water partition coefficient (Wildman–Crippen LogP) is -5.05. The summed E-state index contributed by atoms with van der Waals surface area (Å²) < 4.78 is 0. The molecule has 0 unspecified atom stereocenters. The Morgan fingerprint density at radius 2 is 0.714 bits per heavy atom. The maximum Gasteiger partial charge on any atom is -0.00212 e. The summed E-state index contributed by atoms with van der Waals surface area (Å²) in [6.45, 7) is -0.625. The Kier molecular flexibility index (Phi) is 9.16. The van der Waals surface area contributed by atoms with Crippen molar-refractivity contribution >= 4 is 0 Å². The highest BCUT2D eigenvalue weighted by atomic mass is 16.3. The molecule has 0 N–H and O–H groups in total. The summed E-state index contributed by atoms with van der Waals surface area (Å²) in [5, 5.41) is 44.6. The molecule has 0 amide bonds. The van der Waals surface area contributed by atoms with Crippen LogP contribution in [-0.2, 0) is 0 Å². The minimum Gasteiger partial charge on any atom is -0.854 e. The van der Waals surface area contributed by atoms with Gasteiger partial charge >= 0.3 is 0 Å². The third-order valence-electron chi connectivity index (χ3n) is 1.80. The van der Waals surface area contributed by atoms with E-state index in [2.05, 4.69) is 0 Å². The van der Waals surface area contributed by atoms with E-state index < -0.39 is 0 Å². The lowest BCUT2D eigenvalue weighted by Crippen LogP contribution is -2.51. The molecule has 0 aliphatic rings. The quantitative estimate of drug-likeness (QED) is 0.348. The van der Waals surface area contributed by atoms with Crippen LogP contribution in [0.2, 0.25) is 0 Å². The van der Waals surface area contributed by atoms with E-state index in [0.717, 1.165) is 0 Å². The van der Waals surface area contributed by atoms with Crippen molar-refractivity contribution < 1.29 is 20.4 Å². The zero-order valence-electron chi connectivity index (χ0n) is 8.18. The average Bonchev–Trinajstić information content (AvgIpc) is 2.17. The van der Waals surface area contributed by atoms with Crippen LogP contribution < -0.4 is 20.4 Å². The third kappa shape index (κ3) is 5.48. The Bertz CT molecular complexity index is 99.9. The maximum atomic E-state index is 10.4. The van der Waals surface area contributed by atoms with Crippen LogP contribution in [0.4, 0.5) is 0 Å². The van der Waals surface area contributed by atoms with Gasteiger partial charge in [-0.2, -0.15) is 0 Å². The van der Waals surface area contributed by atoms with Crippen molar-refractivity contribution in [2.45, 2.75) is 0 Å². The predicted molar refractivity (Wildman–Crippen MR) is 42.6 cm³/mol. The summed E-state index contributed by atoms with van der Waals surface area (Å²) in [6.07, 6.45) is 0. The fraction of sp³-hybridized carbons (Fsp3) is 1.00. The van der Waals surface area contributed by atoms with Gasteiger partial charge in [-0.15, -0.1) is 26.4 Å². The molecule has 6 nitrogen and oxygen atoms in total. The summed E-state index contributed by atoms with van der Waals surface area (Å²) >= 11 is 0. The van der Waals surface area contributed by atoms with Crippen LogP contribution in [0.3, 0.4) is 0 Å². The lowest BCUT2D eigenvalue weighted by atomic mass is 10.5. The largest absolute Gasteiger partial charge is 0.854 e. The molecule has 0 radical (unpaired) electrons. The SMILES string of the molecule is [O-]CCN(CC[O-])N(CC[O-])CC[O-]. The van der Waals surface area contributed by atoms with E-state index in [1.807, 2.05) is 0 Å². The van der Waals surface area contributed by atoms with Crippen molar-refractivity contribution in [3.8, 4) is 0 Å². The number of rotatable bonds is 9. The first-order chi connectivity index (χ1) is 6.79. The molecule has 0 atom stereocenters. The molecule has 0 aromatic heterocycles. The van der Waals surface area contributed by atoms with Crippen LogP contribution in [0.5, 0.6) is 0 Å². The second-order valence-corrected chi connectivity index (χ2v) is 2.72. The molecule has 0 aliphatic heterocycles. The molecular formula is C8H16N2O4-4. The van der Waals surface area contributed by atoms with Gasteiger partial charge in [0.05, 0.1) is 0 Å². The number of hydrogen-bond acceptors (Lipinski definition) is 6. The molecule has 0 aromatic rings.